The Kier molecular flexibility index (Phi) is 6.44. The van der Waals surface area contributed by atoms with Gasteiger partial charge in [-0.05, 0) is 55.2 Å². The minimum Gasteiger partial charge on any atom is -0.457 e. The molecule has 4 rings (SSSR count). The van der Waals surface area contributed by atoms with Crippen molar-refractivity contribution in [3.63, 3.8) is 0 Å². The first-order valence-electron chi connectivity index (χ1n) is 10.4. The summed E-state index contributed by atoms with van der Waals surface area (Å²) in [5, 5.41) is 12.4. The predicted molar refractivity (Wildman–Crippen MR) is 119 cm³/mol. The molecule has 1 aromatic heterocycles. The molecule has 1 aliphatic rings. The Morgan fingerprint density at radius 2 is 1.81 bits per heavy atom. The van der Waals surface area contributed by atoms with Crippen molar-refractivity contribution in [2.45, 2.75) is 12.8 Å². The highest BCUT2D eigenvalue weighted by atomic mass is 16.5. The number of nitrogens with one attached hydrogen (secondary N) is 1. The fourth-order valence-corrected chi connectivity index (χ4v) is 3.78. The number of piperidine rings is 1. The molecule has 6 nitrogen and oxygen atoms in total. The summed E-state index contributed by atoms with van der Waals surface area (Å²) in [7, 11) is 0. The molecule has 0 unspecified atom stereocenters. The van der Waals surface area contributed by atoms with Gasteiger partial charge in [0.25, 0.3) is 5.91 Å². The number of para-hydroxylation sites is 2. The highest BCUT2D eigenvalue weighted by Gasteiger charge is 2.23. The molecule has 1 aliphatic heterocycles. The second-order valence-electron chi connectivity index (χ2n) is 7.54. The summed E-state index contributed by atoms with van der Waals surface area (Å²) < 4.78 is 5.91. The summed E-state index contributed by atoms with van der Waals surface area (Å²) in [5.74, 6) is 2.24. The number of carbonyl (C=O) groups excluding carboxylic acids is 1. The van der Waals surface area contributed by atoms with E-state index in [1.165, 1.54) is 0 Å². The van der Waals surface area contributed by atoms with E-state index in [0.29, 0.717) is 35.1 Å². The fourth-order valence-electron chi connectivity index (χ4n) is 3.78. The molecule has 1 amide bonds. The van der Waals surface area contributed by atoms with Gasteiger partial charge in [-0.25, -0.2) is 4.98 Å². The van der Waals surface area contributed by atoms with Gasteiger partial charge in [0, 0.05) is 25.8 Å². The number of amides is 1. The molecule has 0 atom stereocenters. The molecule has 0 bridgehead atoms. The monoisotopic (exact) mass is 412 g/mol. The van der Waals surface area contributed by atoms with Crippen LogP contribution < -0.4 is 15.0 Å². The third-order valence-corrected chi connectivity index (χ3v) is 5.48. The minimum atomic E-state index is -0.134. The first-order valence-corrected chi connectivity index (χ1v) is 10.4. The molecule has 0 aliphatic carbocycles. The molecule has 156 valence electrons. The number of ether oxygens (including phenoxy) is 1. The lowest BCUT2D eigenvalue weighted by Crippen LogP contribution is -2.39. The molecule has 0 spiro atoms. The SMILES string of the molecule is N#Cc1cccnc1N1CCC(CNC(=O)c2ccccc2Oc2ccccc2)CC1. The Labute approximate surface area is 182 Å². The van der Waals surface area contributed by atoms with Crippen molar-refractivity contribution in [2.24, 2.45) is 5.92 Å². The van der Waals surface area contributed by atoms with Crippen molar-refractivity contribution in [3.8, 4) is 17.6 Å². The van der Waals surface area contributed by atoms with Gasteiger partial charge in [0.05, 0.1) is 11.1 Å². The molecule has 1 N–H and O–H groups in total. The maximum Gasteiger partial charge on any atom is 0.255 e. The van der Waals surface area contributed by atoms with Crippen LogP contribution in [0, 0.1) is 17.2 Å². The van der Waals surface area contributed by atoms with Crippen molar-refractivity contribution in [3.05, 3.63) is 84.1 Å². The number of pyridine rings is 1. The number of anilines is 1. The van der Waals surface area contributed by atoms with E-state index >= 15 is 0 Å². The van der Waals surface area contributed by atoms with Crippen LogP contribution >= 0.6 is 0 Å². The molecule has 1 saturated heterocycles. The van der Waals surface area contributed by atoms with Crippen molar-refractivity contribution in [2.75, 3.05) is 24.5 Å². The number of hydrogen-bond donors (Lipinski definition) is 1. The van der Waals surface area contributed by atoms with Crippen LogP contribution in [-0.2, 0) is 0 Å². The van der Waals surface area contributed by atoms with Gasteiger partial charge in [0.1, 0.15) is 23.4 Å². The van der Waals surface area contributed by atoms with Crippen molar-refractivity contribution >= 4 is 11.7 Å². The Morgan fingerprint density at radius 3 is 2.58 bits per heavy atom. The van der Waals surface area contributed by atoms with Gasteiger partial charge in [-0.1, -0.05) is 30.3 Å². The first-order chi connectivity index (χ1) is 15.2. The molecule has 3 aromatic rings. The highest BCUT2D eigenvalue weighted by Crippen LogP contribution is 2.26. The number of aromatic nitrogens is 1. The van der Waals surface area contributed by atoms with Gasteiger partial charge in [-0.3, -0.25) is 4.79 Å². The van der Waals surface area contributed by atoms with Crippen molar-refractivity contribution in [1.82, 2.24) is 10.3 Å². The van der Waals surface area contributed by atoms with Gasteiger partial charge in [-0.2, -0.15) is 5.26 Å². The highest BCUT2D eigenvalue weighted by molar-refractivity contribution is 5.97. The fraction of sp³-hybridized carbons (Fsp3) is 0.240. The zero-order chi connectivity index (χ0) is 21.5. The predicted octanol–water partition coefficient (Wildman–Crippen LogP) is 4.39. The van der Waals surface area contributed by atoms with Crippen molar-refractivity contribution in [1.29, 1.82) is 5.26 Å². The number of rotatable bonds is 6. The Morgan fingerprint density at radius 1 is 1.06 bits per heavy atom. The first kappa shape index (κ1) is 20.4. The topological polar surface area (TPSA) is 78.3 Å². The zero-order valence-corrected chi connectivity index (χ0v) is 17.2. The quantitative estimate of drug-likeness (QED) is 0.650. The van der Waals surface area contributed by atoms with Gasteiger partial charge in [0.2, 0.25) is 0 Å². The molecular formula is C25H24N4O2. The average molecular weight is 412 g/mol. The molecule has 0 saturated carbocycles. The van der Waals surface area contributed by atoms with Crippen LogP contribution in [0.4, 0.5) is 5.82 Å². The number of benzene rings is 2. The van der Waals surface area contributed by atoms with Crippen LogP contribution in [0.1, 0.15) is 28.8 Å². The maximum absolute atomic E-state index is 12.8. The van der Waals surface area contributed by atoms with Crippen LogP contribution in [0.25, 0.3) is 0 Å². The normalized spacial score (nSPS) is 14.0. The van der Waals surface area contributed by atoms with Crippen LogP contribution in [0.5, 0.6) is 11.5 Å². The Hall–Kier alpha value is -3.85. The van der Waals surface area contributed by atoms with E-state index in [4.69, 9.17) is 4.74 Å². The van der Waals surface area contributed by atoms with E-state index in [-0.39, 0.29) is 5.91 Å². The van der Waals surface area contributed by atoms with Crippen LogP contribution in [0.2, 0.25) is 0 Å². The van der Waals surface area contributed by atoms with Crippen LogP contribution in [0.15, 0.2) is 72.9 Å². The summed E-state index contributed by atoms with van der Waals surface area (Å²) in [5.41, 5.74) is 1.13. The molecule has 1 fully saturated rings. The van der Waals surface area contributed by atoms with Crippen molar-refractivity contribution < 1.29 is 9.53 Å². The Balaban J connectivity index is 1.33. The summed E-state index contributed by atoms with van der Waals surface area (Å²) in [6.07, 6.45) is 3.59. The smallest absolute Gasteiger partial charge is 0.255 e. The van der Waals surface area contributed by atoms with Gasteiger partial charge in [0.15, 0.2) is 0 Å². The van der Waals surface area contributed by atoms with Gasteiger partial charge < -0.3 is 15.0 Å². The lowest BCUT2D eigenvalue weighted by molar-refractivity contribution is 0.0942. The van der Waals surface area contributed by atoms with E-state index in [9.17, 15) is 10.1 Å². The maximum atomic E-state index is 12.8. The largest absolute Gasteiger partial charge is 0.457 e. The van der Waals surface area contributed by atoms with Crippen LogP contribution in [-0.4, -0.2) is 30.5 Å². The standard InChI is InChI=1S/C25H24N4O2/c26-17-20-7-6-14-27-24(20)29-15-12-19(13-16-29)18-28-25(30)22-10-4-5-11-23(22)31-21-8-2-1-3-9-21/h1-11,14,19H,12-13,15-16,18H2,(H,28,30). The Bertz CT molecular complexity index is 1070. The summed E-state index contributed by atoms with van der Waals surface area (Å²) in [6.45, 7) is 2.25. The number of carbonyl (C=O) groups is 1. The number of nitriles is 1. The van der Waals surface area contributed by atoms with E-state index in [1.807, 2.05) is 42.5 Å². The average Bonchev–Trinajstić information content (AvgIpc) is 2.84. The lowest BCUT2D eigenvalue weighted by Gasteiger charge is -2.33. The second-order valence-corrected chi connectivity index (χ2v) is 7.54. The second kappa shape index (κ2) is 9.77. The van der Waals surface area contributed by atoms with E-state index in [2.05, 4.69) is 21.3 Å². The number of hydrogen-bond acceptors (Lipinski definition) is 5. The molecule has 6 heteroatoms. The van der Waals surface area contributed by atoms with Crippen LogP contribution in [0.3, 0.4) is 0 Å². The van der Waals surface area contributed by atoms with Gasteiger partial charge >= 0.3 is 0 Å². The third kappa shape index (κ3) is 5.01. The van der Waals surface area contributed by atoms with Gasteiger partial charge in [-0.15, -0.1) is 0 Å². The molecule has 2 heterocycles. The summed E-state index contributed by atoms with van der Waals surface area (Å²) in [6, 6.07) is 22.5. The van der Waals surface area contributed by atoms with E-state index < -0.39 is 0 Å². The minimum absolute atomic E-state index is 0.134. The van der Waals surface area contributed by atoms with E-state index in [0.717, 1.165) is 31.7 Å². The molecule has 31 heavy (non-hydrogen) atoms. The molecule has 0 radical (unpaired) electrons. The number of nitrogens with zero attached hydrogens (tertiary/aromatic N) is 3. The molecular weight excluding hydrogens is 388 g/mol. The molecule has 2 aromatic carbocycles. The summed E-state index contributed by atoms with van der Waals surface area (Å²) in [4.78, 5) is 19.3. The third-order valence-electron chi connectivity index (χ3n) is 5.48. The zero-order valence-electron chi connectivity index (χ0n) is 17.2. The van der Waals surface area contributed by atoms with E-state index in [1.54, 1.807) is 30.5 Å². The lowest BCUT2D eigenvalue weighted by atomic mass is 9.96. The summed E-state index contributed by atoms with van der Waals surface area (Å²) >= 11 is 0.